The Hall–Kier alpha value is -1.84. The zero-order valence-electron chi connectivity index (χ0n) is 18.5. The minimum Gasteiger partial charge on any atom is -0.409 e. The van der Waals surface area contributed by atoms with Crippen molar-refractivity contribution in [2.45, 2.75) is 66.2 Å². The molecule has 0 unspecified atom stereocenters. The highest BCUT2D eigenvalue weighted by Crippen LogP contribution is 2.72. The van der Waals surface area contributed by atoms with Gasteiger partial charge in [0, 0.05) is 9.75 Å². The molecule has 0 bridgehead atoms. The molecule has 30 heavy (non-hydrogen) atoms. The molecule has 158 valence electrons. The number of nitrogens with two attached hydrogens (primary N) is 1. The number of fused-ring (bicyclic) bond motifs is 6. The number of thiophene rings is 2. The first kappa shape index (κ1) is 20.1. The number of nitriles is 1. The molecular formula is C24H29N3OS2. The molecule has 0 aromatic carbocycles. The molecule has 4 nitrogen and oxygen atoms in total. The van der Waals surface area contributed by atoms with Gasteiger partial charge in [-0.15, -0.1) is 22.7 Å². The van der Waals surface area contributed by atoms with Crippen LogP contribution in [-0.4, -0.2) is 11.0 Å². The van der Waals surface area contributed by atoms with Crippen LogP contribution in [0.4, 0.5) is 0 Å². The van der Waals surface area contributed by atoms with Gasteiger partial charge in [-0.3, -0.25) is 0 Å². The minimum absolute atomic E-state index is 0.272. The molecule has 4 atom stereocenters. The molecular weight excluding hydrogens is 410 g/mol. The van der Waals surface area contributed by atoms with Gasteiger partial charge in [-0.05, 0) is 83.4 Å². The third kappa shape index (κ3) is 2.45. The van der Waals surface area contributed by atoms with Crippen LogP contribution in [0.15, 0.2) is 5.16 Å². The summed E-state index contributed by atoms with van der Waals surface area (Å²) >= 11 is 3.35. The van der Waals surface area contributed by atoms with Crippen LogP contribution in [0, 0.1) is 47.8 Å². The second-order valence-electron chi connectivity index (χ2n) is 10.6. The van der Waals surface area contributed by atoms with E-state index in [0.717, 1.165) is 40.3 Å². The van der Waals surface area contributed by atoms with Crippen molar-refractivity contribution in [2.24, 2.45) is 33.6 Å². The zero-order chi connectivity index (χ0) is 21.7. The highest BCUT2D eigenvalue weighted by atomic mass is 32.1. The van der Waals surface area contributed by atoms with Crippen molar-refractivity contribution >= 4 is 28.5 Å². The summed E-state index contributed by atoms with van der Waals surface area (Å²) in [6, 6.07) is 2.34. The molecule has 0 radical (unpaired) electrons. The van der Waals surface area contributed by atoms with Crippen LogP contribution in [0.2, 0.25) is 0 Å². The second-order valence-corrected chi connectivity index (χ2v) is 13.0. The van der Waals surface area contributed by atoms with Crippen LogP contribution < -0.4 is 5.73 Å². The molecule has 0 amide bonds. The summed E-state index contributed by atoms with van der Waals surface area (Å²) in [7, 11) is 0. The Balaban J connectivity index is 0.000000130. The first-order chi connectivity index (χ1) is 14.1. The highest BCUT2D eigenvalue weighted by molar-refractivity contribution is 7.14. The van der Waals surface area contributed by atoms with Gasteiger partial charge >= 0.3 is 0 Å². The van der Waals surface area contributed by atoms with E-state index < -0.39 is 0 Å². The summed E-state index contributed by atoms with van der Waals surface area (Å²) in [6.45, 7) is 13.7. The van der Waals surface area contributed by atoms with Crippen molar-refractivity contribution in [1.82, 2.24) is 0 Å². The molecule has 2 aromatic heterocycles. The van der Waals surface area contributed by atoms with Crippen LogP contribution in [0.25, 0.3) is 0 Å². The highest BCUT2D eigenvalue weighted by Gasteiger charge is 2.64. The van der Waals surface area contributed by atoms with Crippen molar-refractivity contribution in [2.75, 3.05) is 0 Å². The largest absolute Gasteiger partial charge is 0.409 e. The van der Waals surface area contributed by atoms with Crippen LogP contribution in [0.1, 0.15) is 81.3 Å². The molecule has 2 heterocycles. The predicted octanol–water partition coefficient (Wildman–Crippen LogP) is 5.67. The van der Waals surface area contributed by atoms with Crippen molar-refractivity contribution in [3.8, 4) is 6.07 Å². The Bertz CT molecular complexity index is 1140. The van der Waals surface area contributed by atoms with Gasteiger partial charge in [-0.1, -0.05) is 32.9 Å². The van der Waals surface area contributed by atoms with Crippen molar-refractivity contribution < 1.29 is 5.21 Å². The number of rotatable bonds is 1. The quantitative estimate of drug-likeness (QED) is 0.260. The molecule has 6 heteroatoms. The Morgan fingerprint density at radius 1 is 1.00 bits per heavy atom. The number of amidine groups is 1. The van der Waals surface area contributed by atoms with Crippen LogP contribution in [0.5, 0.6) is 0 Å². The Morgan fingerprint density at radius 2 is 1.50 bits per heavy atom. The molecule has 4 aliphatic rings. The molecule has 0 aliphatic heterocycles. The van der Waals surface area contributed by atoms with E-state index in [2.05, 4.69) is 52.8 Å². The maximum absolute atomic E-state index is 9.01. The molecule has 2 aromatic rings. The molecule has 4 aliphatic carbocycles. The van der Waals surface area contributed by atoms with Gasteiger partial charge in [0.25, 0.3) is 0 Å². The van der Waals surface area contributed by atoms with Gasteiger partial charge in [0.05, 0.1) is 4.88 Å². The number of nitrogens with zero attached hydrogens (tertiary/aromatic N) is 2. The second kappa shape index (κ2) is 6.11. The molecule has 2 saturated carbocycles. The first-order valence-corrected chi connectivity index (χ1v) is 12.3. The lowest BCUT2D eigenvalue weighted by Gasteiger charge is -2.09. The van der Waals surface area contributed by atoms with Crippen LogP contribution in [-0.2, 0) is 12.8 Å². The summed E-state index contributed by atoms with van der Waals surface area (Å²) in [5.74, 6) is 3.34. The van der Waals surface area contributed by atoms with Gasteiger partial charge in [0.1, 0.15) is 10.9 Å². The summed E-state index contributed by atoms with van der Waals surface area (Å²) < 4.78 is 0. The molecule has 3 N–H and O–H groups in total. The maximum atomic E-state index is 9.01. The maximum Gasteiger partial charge on any atom is 0.180 e. The third-order valence-corrected chi connectivity index (χ3v) is 10.7. The number of hydrogen-bond donors (Lipinski definition) is 2. The van der Waals surface area contributed by atoms with Gasteiger partial charge in [0.2, 0.25) is 0 Å². The van der Waals surface area contributed by atoms with E-state index in [1.54, 1.807) is 22.7 Å². The molecule has 2 fully saturated rings. The monoisotopic (exact) mass is 439 g/mol. The smallest absolute Gasteiger partial charge is 0.180 e. The normalized spacial score (nSPS) is 30.4. The summed E-state index contributed by atoms with van der Waals surface area (Å²) in [4.78, 5) is 4.68. The van der Waals surface area contributed by atoms with Crippen molar-refractivity contribution in [1.29, 1.82) is 5.26 Å². The van der Waals surface area contributed by atoms with E-state index in [1.165, 1.54) is 32.0 Å². The summed E-state index contributed by atoms with van der Waals surface area (Å²) in [5.41, 5.74) is 12.4. The average Bonchev–Trinajstić information content (AvgIpc) is 3.20. The molecule has 0 saturated heterocycles. The fourth-order valence-corrected chi connectivity index (χ4v) is 8.76. The van der Waals surface area contributed by atoms with Gasteiger partial charge in [0.15, 0.2) is 5.84 Å². The lowest BCUT2D eigenvalue weighted by molar-refractivity contribution is 0.318. The topological polar surface area (TPSA) is 82.4 Å². The standard InChI is InChI=1S/C12H16N2OS.C12H13NS/c1-5-8-6(10(16-5)11(13)14-15)4-7-9(8)12(7,2)3;1-6-10-7(9(5-13)14-6)4-8-11(10)12(8,2)3/h7,9,15H,4H2,1-3H3,(H2,13,14);8,11H,4H2,1-3H3/t7-,9-;8-,11-/m11/s1. The zero-order valence-corrected chi connectivity index (χ0v) is 20.1. The lowest BCUT2D eigenvalue weighted by Crippen LogP contribution is -2.14. The fraction of sp³-hybridized carbons (Fsp3) is 0.583. The van der Waals surface area contributed by atoms with Crippen LogP contribution in [0.3, 0.4) is 0 Å². The predicted molar refractivity (Wildman–Crippen MR) is 123 cm³/mol. The van der Waals surface area contributed by atoms with Crippen LogP contribution >= 0.6 is 22.7 Å². The Labute approximate surface area is 186 Å². The van der Waals surface area contributed by atoms with Crippen molar-refractivity contribution in [3.63, 3.8) is 0 Å². The van der Waals surface area contributed by atoms with E-state index in [4.69, 9.17) is 16.2 Å². The third-order valence-electron chi connectivity index (χ3n) is 8.48. The first-order valence-electron chi connectivity index (χ1n) is 10.7. The van der Waals surface area contributed by atoms with Gasteiger partial charge in [-0.2, -0.15) is 5.26 Å². The Morgan fingerprint density at radius 3 is 2.03 bits per heavy atom. The summed E-state index contributed by atoms with van der Waals surface area (Å²) in [5, 5.41) is 20.9. The average molecular weight is 440 g/mol. The van der Waals surface area contributed by atoms with E-state index in [-0.39, 0.29) is 5.84 Å². The van der Waals surface area contributed by atoms with E-state index in [9.17, 15) is 0 Å². The fourth-order valence-electron chi connectivity index (χ4n) is 6.61. The minimum atomic E-state index is 0.272. The van der Waals surface area contributed by atoms with E-state index in [1.807, 2.05) is 0 Å². The van der Waals surface area contributed by atoms with Crippen molar-refractivity contribution in [3.05, 3.63) is 41.8 Å². The SMILES string of the molecule is Cc1sc(/C(N)=N/O)c2c1[C@H]1[C@@H](C2)C1(C)C.Cc1sc(C#N)c2c1[C@H]1[C@@H](C2)C1(C)C. The lowest BCUT2D eigenvalue weighted by atomic mass is 9.95. The number of hydrogen-bond acceptors (Lipinski definition) is 5. The molecule has 0 spiro atoms. The Kier molecular flexibility index (Phi) is 4.09. The number of aryl methyl sites for hydroxylation is 2. The number of oxime groups is 1. The van der Waals surface area contributed by atoms with E-state index in [0.29, 0.717) is 16.7 Å². The molecule has 6 rings (SSSR count). The van der Waals surface area contributed by atoms with Gasteiger partial charge in [-0.25, -0.2) is 0 Å². The summed E-state index contributed by atoms with van der Waals surface area (Å²) in [6.07, 6.45) is 2.25. The van der Waals surface area contributed by atoms with E-state index >= 15 is 0 Å². The van der Waals surface area contributed by atoms with Gasteiger partial charge < -0.3 is 10.9 Å².